The van der Waals surface area contributed by atoms with Crippen LogP contribution >= 0.6 is 11.6 Å². The second-order valence-electron chi connectivity index (χ2n) is 7.22. The van der Waals surface area contributed by atoms with Gasteiger partial charge in [0.2, 0.25) is 5.95 Å². The Morgan fingerprint density at radius 3 is 2.72 bits per heavy atom. The van der Waals surface area contributed by atoms with Crippen molar-refractivity contribution in [2.75, 3.05) is 12.4 Å². The van der Waals surface area contributed by atoms with Gasteiger partial charge in [-0.25, -0.2) is 0 Å². The number of benzene rings is 2. The quantitative estimate of drug-likeness (QED) is 0.712. The molecule has 29 heavy (non-hydrogen) atoms. The Bertz CT molecular complexity index is 1120. The maximum absolute atomic E-state index is 13.3. The molecule has 1 aliphatic carbocycles. The molecule has 0 unspecified atom stereocenters. The molecule has 0 saturated carbocycles. The molecule has 1 aromatic heterocycles. The minimum Gasteiger partial charge on any atom is -0.497 e. The van der Waals surface area contributed by atoms with Gasteiger partial charge in [0.05, 0.1) is 7.11 Å². The van der Waals surface area contributed by atoms with Crippen molar-refractivity contribution in [3.05, 3.63) is 76.0 Å². The molecule has 0 bridgehead atoms. The molecular weight excluding hydrogens is 390 g/mol. The SMILES string of the molecule is COc1ccc([C@@H]2CC(=O)C3=C(C2)Nc2nnnn2[C@@H]3c2cccc(Cl)c2)cc1. The summed E-state index contributed by atoms with van der Waals surface area (Å²) in [5.74, 6) is 1.50. The van der Waals surface area contributed by atoms with Crippen molar-refractivity contribution in [2.45, 2.75) is 24.8 Å². The van der Waals surface area contributed by atoms with Crippen LogP contribution in [0.4, 0.5) is 5.95 Å². The lowest BCUT2D eigenvalue weighted by Crippen LogP contribution is -2.33. The number of ketones is 1. The van der Waals surface area contributed by atoms with E-state index >= 15 is 0 Å². The number of nitrogens with one attached hydrogen (secondary N) is 1. The highest BCUT2D eigenvalue weighted by Crippen LogP contribution is 2.44. The molecule has 2 aliphatic rings. The Morgan fingerprint density at radius 1 is 1.14 bits per heavy atom. The fourth-order valence-corrected chi connectivity index (χ4v) is 4.37. The van der Waals surface area contributed by atoms with Gasteiger partial charge in [0.25, 0.3) is 0 Å². The van der Waals surface area contributed by atoms with E-state index in [9.17, 15) is 4.79 Å². The standard InChI is InChI=1S/C21H18ClN5O2/c1-29-16-7-5-12(6-8-16)14-10-17-19(18(28)11-14)20(13-3-2-4-15(22)9-13)27-21(23-17)24-25-26-27/h2-9,14,20H,10-11H2,1H3,(H,23,24,26)/t14-,20+/m0/s1. The van der Waals surface area contributed by atoms with E-state index in [1.54, 1.807) is 11.8 Å². The van der Waals surface area contributed by atoms with Gasteiger partial charge < -0.3 is 10.1 Å². The summed E-state index contributed by atoms with van der Waals surface area (Å²) >= 11 is 6.22. The minimum atomic E-state index is -0.390. The second-order valence-corrected chi connectivity index (χ2v) is 7.66. The van der Waals surface area contributed by atoms with Crippen LogP contribution in [0.2, 0.25) is 5.02 Å². The molecule has 5 rings (SSSR count). The van der Waals surface area contributed by atoms with E-state index in [2.05, 4.69) is 20.8 Å². The van der Waals surface area contributed by atoms with Gasteiger partial charge in [-0.2, -0.15) is 4.68 Å². The number of Topliss-reactive ketones (excluding diaryl/α,β-unsaturated/α-hetero) is 1. The van der Waals surface area contributed by atoms with Crippen molar-refractivity contribution in [3.63, 3.8) is 0 Å². The Kier molecular flexibility index (Phi) is 4.32. The number of ether oxygens (including phenoxy) is 1. The zero-order valence-electron chi connectivity index (χ0n) is 15.7. The van der Waals surface area contributed by atoms with Crippen LogP contribution in [-0.2, 0) is 4.79 Å². The molecule has 0 amide bonds. The van der Waals surface area contributed by atoms with Crippen LogP contribution < -0.4 is 10.1 Å². The summed E-state index contributed by atoms with van der Waals surface area (Å²) in [5.41, 5.74) is 3.57. The molecule has 7 nitrogen and oxygen atoms in total. The molecule has 8 heteroatoms. The zero-order chi connectivity index (χ0) is 20.0. The van der Waals surface area contributed by atoms with E-state index in [0.717, 1.165) is 22.6 Å². The van der Waals surface area contributed by atoms with E-state index in [4.69, 9.17) is 16.3 Å². The third-order valence-corrected chi connectivity index (χ3v) is 5.77. The van der Waals surface area contributed by atoms with Crippen molar-refractivity contribution in [1.29, 1.82) is 0 Å². The first-order valence-electron chi connectivity index (χ1n) is 9.34. The molecule has 0 fully saturated rings. The van der Waals surface area contributed by atoms with Crippen molar-refractivity contribution in [2.24, 2.45) is 0 Å². The predicted octanol–water partition coefficient (Wildman–Crippen LogP) is 3.75. The van der Waals surface area contributed by atoms with E-state index in [1.165, 1.54) is 0 Å². The lowest BCUT2D eigenvalue weighted by Gasteiger charge is -2.34. The normalized spacial score (nSPS) is 20.7. The number of hydrogen-bond donors (Lipinski definition) is 1. The molecule has 0 saturated heterocycles. The van der Waals surface area contributed by atoms with Gasteiger partial charge in [-0.15, -0.1) is 0 Å². The van der Waals surface area contributed by atoms with Gasteiger partial charge in [-0.3, -0.25) is 4.79 Å². The number of fused-ring (bicyclic) bond motifs is 1. The molecule has 1 N–H and O–H groups in total. The molecule has 0 spiro atoms. The first kappa shape index (κ1) is 17.9. The molecule has 0 radical (unpaired) electrons. The number of hydrogen-bond acceptors (Lipinski definition) is 6. The van der Waals surface area contributed by atoms with Gasteiger partial charge in [-0.05, 0) is 58.2 Å². The third kappa shape index (κ3) is 3.07. The van der Waals surface area contributed by atoms with E-state index in [1.807, 2.05) is 48.5 Å². The molecule has 2 heterocycles. The summed E-state index contributed by atoms with van der Waals surface area (Å²) in [6.07, 6.45) is 1.14. The Balaban J connectivity index is 1.56. The topological polar surface area (TPSA) is 81.9 Å². The van der Waals surface area contributed by atoms with Crippen molar-refractivity contribution < 1.29 is 9.53 Å². The number of allylic oxidation sites excluding steroid dienone is 2. The highest BCUT2D eigenvalue weighted by atomic mass is 35.5. The number of aromatic nitrogens is 4. The van der Waals surface area contributed by atoms with Crippen LogP contribution in [0.25, 0.3) is 0 Å². The van der Waals surface area contributed by atoms with Crippen LogP contribution in [0.15, 0.2) is 59.8 Å². The van der Waals surface area contributed by atoms with Crippen LogP contribution in [-0.4, -0.2) is 33.1 Å². The number of anilines is 1. The molecule has 146 valence electrons. The largest absolute Gasteiger partial charge is 0.497 e. The average Bonchev–Trinajstić information content (AvgIpc) is 3.20. The van der Waals surface area contributed by atoms with Crippen LogP contribution in [0.1, 0.15) is 35.9 Å². The lowest BCUT2D eigenvalue weighted by atomic mass is 9.78. The van der Waals surface area contributed by atoms with Gasteiger partial charge in [0, 0.05) is 22.7 Å². The number of carbonyl (C=O) groups excluding carboxylic acids is 1. The monoisotopic (exact) mass is 407 g/mol. The number of carbonyl (C=O) groups is 1. The molecule has 2 aromatic carbocycles. The summed E-state index contributed by atoms with van der Waals surface area (Å²) in [7, 11) is 1.64. The highest BCUT2D eigenvalue weighted by Gasteiger charge is 2.39. The first-order chi connectivity index (χ1) is 14.1. The van der Waals surface area contributed by atoms with Crippen LogP contribution in [0.3, 0.4) is 0 Å². The van der Waals surface area contributed by atoms with Gasteiger partial charge in [0.15, 0.2) is 5.78 Å². The summed E-state index contributed by atoms with van der Waals surface area (Å²) < 4.78 is 6.89. The van der Waals surface area contributed by atoms with Crippen molar-refractivity contribution in [3.8, 4) is 5.75 Å². The Morgan fingerprint density at radius 2 is 1.97 bits per heavy atom. The average molecular weight is 408 g/mol. The Labute approximate surface area is 172 Å². The van der Waals surface area contributed by atoms with E-state index < -0.39 is 0 Å². The first-order valence-corrected chi connectivity index (χ1v) is 9.72. The summed E-state index contributed by atoms with van der Waals surface area (Å²) in [6.45, 7) is 0. The second kappa shape index (κ2) is 7.00. The number of tetrazole rings is 1. The predicted molar refractivity (Wildman–Crippen MR) is 108 cm³/mol. The lowest BCUT2D eigenvalue weighted by molar-refractivity contribution is -0.116. The molecule has 3 aromatic rings. The number of rotatable bonds is 3. The maximum atomic E-state index is 13.3. The smallest absolute Gasteiger partial charge is 0.248 e. The van der Waals surface area contributed by atoms with Crippen LogP contribution in [0, 0.1) is 0 Å². The van der Waals surface area contributed by atoms with Crippen molar-refractivity contribution >= 4 is 23.3 Å². The van der Waals surface area contributed by atoms with Crippen LogP contribution in [0.5, 0.6) is 5.75 Å². The highest BCUT2D eigenvalue weighted by molar-refractivity contribution is 6.30. The van der Waals surface area contributed by atoms with Gasteiger partial charge in [0.1, 0.15) is 11.8 Å². The van der Waals surface area contributed by atoms with E-state index in [-0.39, 0.29) is 17.7 Å². The summed E-state index contributed by atoms with van der Waals surface area (Å²) in [6, 6.07) is 15.0. The van der Waals surface area contributed by atoms with E-state index in [0.29, 0.717) is 29.4 Å². The minimum absolute atomic E-state index is 0.0853. The fraction of sp³-hybridized carbons (Fsp3) is 0.238. The fourth-order valence-electron chi connectivity index (χ4n) is 4.17. The summed E-state index contributed by atoms with van der Waals surface area (Å²) in [4.78, 5) is 13.3. The molecule has 1 aliphatic heterocycles. The molecule has 2 atom stereocenters. The third-order valence-electron chi connectivity index (χ3n) is 5.53. The maximum Gasteiger partial charge on any atom is 0.248 e. The van der Waals surface area contributed by atoms with Gasteiger partial charge in [-0.1, -0.05) is 41.0 Å². The number of nitrogens with zero attached hydrogens (tertiary/aromatic N) is 4. The Hall–Kier alpha value is -3.19. The number of halogens is 1. The van der Waals surface area contributed by atoms with Crippen molar-refractivity contribution in [1.82, 2.24) is 20.2 Å². The molecular formula is C21H18ClN5O2. The summed E-state index contributed by atoms with van der Waals surface area (Å²) in [5, 5.41) is 15.9. The van der Waals surface area contributed by atoms with Gasteiger partial charge >= 0.3 is 0 Å². The zero-order valence-corrected chi connectivity index (χ0v) is 16.4. The number of methoxy groups -OCH3 is 1.